The van der Waals surface area contributed by atoms with E-state index in [1.807, 2.05) is 12.1 Å². The van der Waals surface area contributed by atoms with E-state index >= 15 is 0 Å². The average molecular weight is 890 g/mol. The molecule has 0 N–H and O–H groups in total. The van der Waals surface area contributed by atoms with Crippen LogP contribution in [-0.4, -0.2) is 9.55 Å². The van der Waals surface area contributed by atoms with Gasteiger partial charge >= 0.3 is 0 Å². The minimum Gasteiger partial charge on any atom is -0.293 e. The molecule has 3 nitrogen and oxygen atoms in total. The Morgan fingerprint density at radius 3 is 1.66 bits per heavy atom. The third-order valence-electron chi connectivity index (χ3n) is 15.0. The molecule has 0 radical (unpaired) electrons. The van der Waals surface area contributed by atoms with Crippen molar-refractivity contribution in [2.24, 2.45) is 0 Å². The number of fused-ring (bicyclic) bond motifs is 9. The first-order valence-electron chi connectivity index (χ1n) is 24.2. The Balaban J connectivity index is 0.953. The highest BCUT2D eigenvalue weighted by Crippen LogP contribution is 2.53. The predicted molar refractivity (Wildman–Crippen MR) is 292 cm³/mol. The largest absolute Gasteiger partial charge is 0.293 e. The van der Waals surface area contributed by atoms with Crippen molar-refractivity contribution in [1.82, 2.24) is 9.55 Å². The van der Waals surface area contributed by atoms with E-state index < -0.39 is 0 Å². The highest BCUT2D eigenvalue weighted by Gasteiger charge is 2.27. The van der Waals surface area contributed by atoms with E-state index in [2.05, 4.69) is 230 Å². The van der Waals surface area contributed by atoms with E-state index in [-0.39, 0.29) is 0 Å². The Hall–Kier alpha value is -9.10. The van der Waals surface area contributed by atoms with Crippen LogP contribution in [0.15, 0.2) is 218 Å². The van der Waals surface area contributed by atoms with Gasteiger partial charge < -0.3 is 0 Å². The molecule has 0 spiro atoms. The summed E-state index contributed by atoms with van der Waals surface area (Å²) in [6, 6.07) is 79.8. The van der Waals surface area contributed by atoms with Crippen LogP contribution in [0.4, 0.5) is 0 Å². The summed E-state index contributed by atoms with van der Waals surface area (Å²) < 4.78 is 2.34. The van der Waals surface area contributed by atoms with Gasteiger partial charge in [-0.3, -0.25) is 4.57 Å². The fourth-order valence-electron chi connectivity index (χ4n) is 11.6. The SMILES string of the molecule is CC1CC=Cc2c1nc(-c1ccccc1)n2-c1ccc(-c2ccc3c4c(cccc24)-c2cc4c(cc2-3)c(-c2ccccc2)cc2c3ccc(-c5ccc(C#N)cc5)cc3c(-c3ccccc3)cc42)cc1. The monoisotopic (exact) mass is 889 g/mol. The number of hydrogen-bond acceptors (Lipinski definition) is 2. The fraction of sp³-hybridized carbons (Fsp3) is 0.0448. The average Bonchev–Trinajstić information content (AvgIpc) is 3.98. The summed E-state index contributed by atoms with van der Waals surface area (Å²) in [6.45, 7) is 2.28. The van der Waals surface area contributed by atoms with E-state index in [0.717, 1.165) is 40.3 Å². The molecule has 70 heavy (non-hydrogen) atoms. The minimum atomic E-state index is 0.365. The Bertz CT molecular complexity index is 4180. The van der Waals surface area contributed by atoms with Crippen molar-refractivity contribution < 1.29 is 0 Å². The van der Waals surface area contributed by atoms with Crippen LogP contribution in [-0.2, 0) is 0 Å². The van der Waals surface area contributed by atoms with Gasteiger partial charge in [0.05, 0.1) is 23.0 Å². The quantitative estimate of drug-likeness (QED) is 0.156. The zero-order chi connectivity index (χ0) is 46.5. The number of imidazole rings is 1. The molecule has 1 aromatic heterocycles. The lowest BCUT2D eigenvalue weighted by Crippen LogP contribution is -2.04. The third-order valence-corrected chi connectivity index (χ3v) is 15.0. The second-order valence-electron chi connectivity index (χ2n) is 19.0. The molecule has 2 aliphatic carbocycles. The molecule has 1 unspecified atom stereocenters. The fourth-order valence-corrected chi connectivity index (χ4v) is 11.6. The van der Waals surface area contributed by atoms with Crippen molar-refractivity contribution in [1.29, 1.82) is 5.26 Å². The van der Waals surface area contributed by atoms with E-state index in [4.69, 9.17) is 4.98 Å². The van der Waals surface area contributed by atoms with Crippen molar-refractivity contribution in [2.75, 3.05) is 0 Å². The highest BCUT2D eigenvalue weighted by atomic mass is 15.1. The van der Waals surface area contributed by atoms with Crippen LogP contribution in [0.2, 0.25) is 0 Å². The molecule has 0 fully saturated rings. The summed E-state index contributed by atoms with van der Waals surface area (Å²) >= 11 is 0. The molecule has 3 heteroatoms. The second-order valence-corrected chi connectivity index (χ2v) is 19.0. The van der Waals surface area contributed by atoms with Gasteiger partial charge in [-0.15, -0.1) is 0 Å². The Morgan fingerprint density at radius 2 is 0.971 bits per heavy atom. The molecule has 326 valence electrons. The highest BCUT2D eigenvalue weighted by molar-refractivity contribution is 6.27. The van der Waals surface area contributed by atoms with Gasteiger partial charge in [0, 0.05) is 17.2 Å². The van der Waals surface area contributed by atoms with Crippen molar-refractivity contribution in [3.05, 3.63) is 235 Å². The Kier molecular flexibility index (Phi) is 9.00. The number of nitrogens with zero attached hydrogens (tertiary/aromatic N) is 3. The van der Waals surface area contributed by atoms with Crippen LogP contribution >= 0.6 is 0 Å². The maximum absolute atomic E-state index is 9.52. The molecule has 11 aromatic carbocycles. The number of nitriles is 1. The predicted octanol–water partition coefficient (Wildman–Crippen LogP) is 17.9. The lowest BCUT2D eigenvalue weighted by Gasteiger charge is -2.18. The molecule has 1 atom stereocenters. The zero-order valence-corrected chi connectivity index (χ0v) is 38.5. The van der Waals surface area contributed by atoms with Crippen LogP contribution in [0.3, 0.4) is 0 Å². The summed E-state index contributed by atoms with van der Waals surface area (Å²) in [6.07, 6.45) is 5.54. The van der Waals surface area contributed by atoms with E-state index in [1.54, 1.807) is 0 Å². The first-order chi connectivity index (χ1) is 34.6. The lowest BCUT2D eigenvalue weighted by atomic mass is 9.85. The standard InChI is InChI=1S/C67H43N3/c1-41-13-11-22-64-66(41)69-67(47-18-9-4-10-19-47)70(64)49-30-27-46(28-31-49)50-33-34-54-60-38-61-56(45-16-7-3-8-17-45)36-58-51-32-29-48(43-25-23-42(40-68)24-26-43)35-57(51)55(44-14-5-2-6-15-44)37-62(58)63(61)39-59(60)53-21-12-20-52(50)65(53)54/h2-12,14-39,41H,13H2,1H3. The van der Waals surface area contributed by atoms with Crippen LogP contribution in [0, 0.1) is 11.3 Å². The smallest absolute Gasteiger partial charge is 0.145 e. The third kappa shape index (κ3) is 6.17. The van der Waals surface area contributed by atoms with Crippen LogP contribution in [0.25, 0.3) is 133 Å². The molecule has 14 rings (SSSR count). The van der Waals surface area contributed by atoms with Crippen molar-refractivity contribution >= 4 is 49.2 Å². The van der Waals surface area contributed by atoms with Gasteiger partial charge in [0.25, 0.3) is 0 Å². The minimum absolute atomic E-state index is 0.365. The van der Waals surface area contributed by atoms with Crippen LogP contribution in [0.5, 0.6) is 0 Å². The molecule has 0 bridgehead atoms. The van der Waals surface area contributed by atoms with E-state index in [9.17, 15) is 5.26 Å². The summed E-state index contributed by atoms with van der Waals surface area (Å²) in [5.74, 6) is 1.35. The molecular formula is C67H43N3. The second kappa shape index (κ2) is 15.7. The molecule has 12 aromatic rings. The topological polar surface area (TPSA) is 41.6 Å². The molecule has 0 saturated heterocycles. The van der Waals surface area contributed by atoms with Gasteiger partial charge in [-0.1, -0.05) is 171 Å². The maximum Gasteiger partial charge on any atom is 0.145 e. The number of hydrogen-bond donors (Lipinski definition) is 0. The van der Waals surface area contributed by atoms with Crippen molar-refractivity contribution in [3.8, 4) is 89.9 Å². The molecule has 0 saturated carbocycles. The van der Waals surface area contributed by atoms with Crippen LogP contribution in [0.1, 0.15) is 36.2 Å². The zero-order valence-electron chi connectivity index (χ0n) is 38.5. The molecule has 0 aliphatic heterocycles. The van der Waals surface area contributed by atoms with Crippen LogP contribution < -0.4 is 0 Å². The molecular weight excluding hydrogens is 847 g/mol. The Labute approximate surface area is 406 Å². The molecule has 1 heterocycles. The number of rotatable bonds is 6. The van der Waals surface area contributed by atoms with Gasteiger partial charge in [-0.25, -0.2) is 4.98 Å². The Morgan fingerprint density at radius 1 is 0.429 bits per heavy atom. The van der Waals surface area contributed by atoms with Gasteiger partial charge in [-0.2, -0.15) is 5.26 Å². The summed E-state index contributed by atoms with van der Waals surface area (Å²) in [4.78, 5) is 5.26. The lowest BCUT2D eigenvalue weighted by molar-refractivity contribution is 0.745. The normalized spacial score (nSPS) is 13.5. The van der Waals surface area contributed by atoms with E-state index in [1.165, 1.54) is 104 Å². The first-order valence-corrected chi connectivity index (χ1v) is 24.2. The summed E-state index contributed by atoms with van der Waals surface area (Å²) in [5.41, 5.74) is 19.7. The van der Waals surface area contributed by atoms with Gasteiger partial charge in [-0.05, 0) is 177 Å². The van der Waals surface area contributed by atoms with E-state index in [0.29, 0.717) is 11.5 Å². The van der Waals surface area contributed by atoms with Gasteiger partial charge in [0.15, 0.2) is 0 Å². The van der Waals surface area contributed by atoms with Crippen molar-refractivity contribution in [3.63, 3.8) is 0 Å². The molecule has 0 amide bonds. The number of benzene rings is 11. The van der Waals surface area contributed by atoms with Gasteiger partial charge in [0.2, 0.25) is 0 Å². The molecule has 2 aliphatic rings. The van der Waals surface area contributed by atoms with Crippen molar-refractivity contribution in [2.45, 2.75) is 19.3 Å². The first kappa shape index (κ1) is 40.0. The summed E-state index contributed by atoms with van der Waals surface area (Å²) in [5, 5.41) is 19.4. The maximum atomic E-state index is 9.52. The summed E-state index contributed by atoms with van der Waals surface area (Å²) in [7, 11) is 0. The number of allylic oxidation sites excluding steroid dienone is 1. The number of aromatic nitrogens is 2. The van der Waals surface area contributed by atoms with Gasteiger partial charge in [0.1, 0.15) is 5.82 Å².